The Morgan fingerprint density at radius 1 is 1.48 bits per heavy atom. The van der Waals surface area contributed by atoms with Gasteiger partial charge in [0, 0.05) is 13.1 Å². The fraction of sp³-hybridized carbons (Fsp3) is 0.643. The number of anilines is 1. The van der Waals surface area contributed by atoms with E-state index in [9.17, 15) is 4.79 Å². The zero-order valence-electron chi connectivity index (χ0n) is 12.4. The SMILES string of the molecule is CC(C)(C)OC(=O)N1CC2CC1CN2c1ncc(C#N)s1. The molecule has 2 atom stereocenters. The van der Waals surface area contributed by atoms with Gasteiger partial charge in [0.1, 0.15) is 16.5 Å². The number of carbonyl (C=O) groups is 1. The Balaban J connectivity index is 1.66. The van der Waals surface area contributed by atoms with E-state index in [4.69, 9.17) is 10.00 Å². The number of nitriles is 1. The zero-order valence-corrected chi connectivity index (χ0v) is 13.2. The summed E-state index contributed by atoms with van der Waals surface area (Å²) in [6, 6.07) is 2.57. The first kappa shape index (κ1) is 14.1. The molecule has 2 bridgehead atoms. The van der Waals surface area contributed by atoms with Crippen molar-refractivity contribution in [2.24, 2.45) is 0 Å². The van der Waals surface area contributed by atoms with Gasteiger partial charge >= 0.3 is 6.09 Å². The Morgan fingerprint density at radius 3 is 2.76 bits per heavy atom. The van der Waals surface area contributed by atoms with Gasteiger partial charge in [0.25, 0.3) is 0 Å². The molecule has 1 aromatic heterocycles. The van der Waals surface area contributed by atoms with Gasteiger partial charge in [0.15, 0.2) is 5.13 Å². The maximum atomic E-state index is 12.2. The standard InChI is InChI=1S/C14H18N4O2S/c1-14(2,3)20-13(19)18-8-9-4-10(18)7-17(9)12-16-6-11(5-15)21-12/h6,9-10H,4,7-8H2,1-3H3. The molecule has 3 rings (SSSR count). The van der Waals surface area contributed by atoms with Crippen LogP contribution in [0.15, 0.2) is 6.20 Å². The molecule has 1 amide bonds. The molecule has 1 aromatic rings. The highest BCUT2D eigenvalue weighted by Gasteiger charge is 2.47. The summed E-state index contributed by atoms with van der Waals surface area (Å²) in [7, 11) is 0. The third kappa shape index (κ3) is 2.68. The van der Waals surface area contributed by atoms with E-state index in [0.717, 1.165) is 18.1 Å². The first-order valence-corrected chi connectivity index (χ1v) is 7.81. The number of carbonyl (C=O) groups excluding carboxylic acids is 1. The Labute approximate surface area is 127 Å². The quantitative estimate of drug-likeness (QED) is 0.795. The van der Waals surface area contributed by atoms with Crippen LogP contribution in [0.2, 0.25) is 0 Å². The average molecular weight is 306 g/mol. The summed E-state index contributed by atoms with van der Waals surface area (Å²) >= 11 is 1.41. The number of ether oxygens (including phenoxy) is 1. The van der Waals surface area contributed by atoms with Crippen molar-refractivity contribution in [3.8, 4) is 6.07 Å². The second-order valence-corrected chi connectivity index (χ2v) is 7.46. The Kier molecular flexibility index (Phi) is 3.29. The summed E-state index contributed by atoms with van der Waals surface area (Å²) in [5.41, 5.74) is -0.463. The highest BCUT2D eigenvalue weighted by atomic mass is 32.1. The fourth-order valence-corrected chi connectivity index (χ4v) is 3.69. The predicted octanol–water partition coefficient (Wildman–Crippen LogP) is 2.21. The number of hydrogen-bond donors (Lipinski definition) is 0. The Hall–Kier alpha value is -1.81. The number of rotatable bonds is 1. The molecule has 0 spiro atoms. The molecule has 112 valence electrons. The first-order valence-electron chi connectivity index (χ1n) is 6.99. The van der Waals surface area contributed by atoms with Gasteiger partial charge in [0.2, 0.25) is 0 Å². The van der Waals surface area contributed by atoms with E-state index in [1.54, 1.807) is 6.20 Å². The van der Waals surface area contributed by atoms with Crippen molar-refractivity contribution in [1.29, 1.82) is 5.26 Å². The topological polar surface area (TPSA) is 69.5 Å². The van der Waals surface area contributed by atoms with Crippen LogP contribution in [-0.2, 0) is 4.74 Å². The molecular weight excluding hydrogens is 288 g/mol. The maximum absolute atomic E-state index is 12.2. The molecule has 2 unspecified atom stereocenters. The van der Waals surface area contributed by atoms with E-state index in [1.165, 1.54) is 11.3 Å². The van der Waals surface area contributed by atoms with Crippen LogP contribution in [0.25, 0.3) is 0 Å². The summed E-state index contributed by atoms with van der Waals surface area (Å²) in [5, 5.41) is 9.76. The number of thiazole rings is 1. The Bertz CT molecular complexity index is 601. The van der Waals surface area contributed by atoms with Crippen molar-refractivity contribution >= 4 is 22.6 Å². The highest BCUT2D eigenvalue weighted by Crippen LogP contribution is 2.36. The molecule has 0 N–H and O–H groups in total. The highest BCUT2D eigenvalue weighted by molar-refractivity contribution is 7.16. The van der Waals surface area contributed by atoms with E-state index in [-0.39, 0.29) is 18.2 Å². The van der Waals surface area contributed by atoms with Gasteiger partial charge in [0.05, 0.1) is 18.3 Å². The van der Waals surface area contributed by atoms with Crippen LogP contribution < -0.4 is 4.90 Å². The van der Waals surface area contributed by atoms with Crippen molar-refractivity contribution in [2.75, 3.05) is 18.0 Å². The molecule has 0 aromatic carbocycles. The second-order valence-electron chi connectivity index (χ2n) is 6.45. The van der Waals surface area contributed by atoms with Crippen LogP contribution in [0, 0.1) is 11.3 Å². The minimum Gasteiger partial charge on any atom is -0.444 e. The van der Waals surface area contributed by atoms with Gasteiger partial charge in [-0.15, -0.1) is 0 Å². The molecule has 2 fully saturated rings. The molecule has 0 radical (unpaired) electrons. The average Bonchev–Trinajstić information content (AvgIpc) is 3.10. The number of likely N-dealkylation sites (tertiary alicyclic amines) is 1. The predicted molar refractivity (Wildman–Crippen MR) is 79.3 cm³/mol. The molecule has 6 nitrogen and oxygen atoms in total. The Morgan fingerprint density at radius 2 is 2.24 bits per heavy atom. The van der Waals surface area contributed by atoms with Gasteiger partial charge in [-0.2, -0.15) is 5.26 Å². The van der Waals surface area contributed by atoms with Gasteiger partial charge < -0.3 is 14.5 Å². The largest absolute Gasteiger partial charge is 0.444 e. The number of hydrogen-bond acceptors (Lipinski definition) is 6. The van der Waals surface area contributed by atoms with Gasteiger partial charge in [-0.3, -0.25) is 0 Å². The number of piperazine rings is 1. The number of aromatic nitrogens is 1. The molecule has 3 heterocycles. The van der Waals surface area contributed by atoms with E-state index in [0.29, 0.717) is 11.4 Å². The number of fused-ring (bicyclic) bond motifs is 2. The molecule has 2 aliphatic rings. The van der Waals surface area contributed by atoms with Gasteiger partial charge in [-0.1, -0.05) is 11.3 Å². The van der Waals surface area contributed by atoms with Gasteiger partial charge in [-0.25, -0.2) is 9.78 Å². The van der Waals surface area contributed by atoms with Gasteiger partial charge in [-0.05, 0) is 27.2 Å². The lowest BCUT2D eigenvalue weighted by atomic mass is 10.2. The van der Waals surface area contributed by atoms with Crippen molar-refractivity contribution in [1.82, 2.24) is 9.88 Å². The monoisotopic (exact) mass is 306 g/mol. The van der Waals surface area contributed by atoms with Crippen LogP contribution in [0.1, 0.15) is 32.1 Å². The van der Waals surface area contributed by atoms with Crippen molar-refractivity contribution < 1.29 is 9.53 Å². The molecule has 0 aliphatic carbocycles. The molecule has 21 heavy (non-hydrogen) atoms. The second kappa shape index (κ2) is 4.88. The molecule has 0 saturated carbocycles. The van der Waals surface area contributed by atoms with E-state index >= 15 is 0 Å². The maximum Gasteiger partial charge on any atom is 0.410 e. The van der Waals surface area contributed by atoms with E-state index < -0.39 is 5.60 Å². The van der Waals surface area contributed by atoms with Crippen molar-refractivity contribution in [2.45, 2.75) is 44.9 Å². The van der Waals surface area contributed by atoms with Crippen LogP contribution in [0.3, 0.4) is 0 Å². The summed E-state index contributed by atoms with van der Waals surface area (Å²) in [6.45, 7) is 7.07. The van der Waals surface area contributed by atoms with Crippen LogP contribution in [0.5, 0.6) is 0 Å². The molecule has 2 aliphatic heterocycles. The lowest BCUT2D eigenvalue weighted by Gasteiger charge is -2.35. The van der Waals surface area contributed by atoms with Crippen LogP contribution in [0.4, 0.5) is 9.93 Å². The first-order chi connectivity index (χ1) is 9.87. The smallest absolute Gasteiger partial charge is 0.410 e. The van der Waals surface area contributed by atoms with Crippen molar-refractivity contribution in [3.63, 3.8) is 0 Å². The summed E-state index contributed by atoms with van der Waals surface area (Å²) in [6.07, 6.45) is 2.32. The third-order valence-corrected chi connectivity index (χ3v) is 4.66. The van der Waals surface area contributed by atoms with Crippen LogP contribution >= 0.6 is 11.3 Å². The fourth-order valence-electron chi connectivity index (χ4n) is 2.89. The van der Waals surface area contributed by atoms with Crippen LogP contribution in [-0.4, -0.2) is 46.8 Å². The minimum atomic E-state index is -0.463. The summed E-state index contributed by atoms with van der Waals surface area (Å²) in [4.78, 5) is 21.1. The normalized spacial score (nSPS) is 24.3. The summed E-state index contributed by atoms with van der Waals surface area (Å²) < 4.78 is 5.45. The lowest BCUT2D eigenvalue weighted by molar-refractivity contribution is 0.0215. The summed E-state index contributed by atoms with van der Waals surface area (Å²) in [5.74, 6) is 0. The van der Waals surface area contributed by atoms with E-state index in [2.05, 4.69) is 16.0 Å². The van der Waals surface area contributed by atoms with Crippen molar-refractivity contribution in [3.05, 3.63) is 11.1 Å². The molecule has 7 heteroatoms. The number of amides is 1. The lowest BCUT2D eigenvalue weighted by Crippen LogP contribution is -2.50. The molecule has 2 saturated heterocycles. The minimum absolute atomic E-state index is 0.180. The molecular formula is C14H18N4O2S. The number of nitrogens with zero attached hydrogens (tertiary/aromatic N) is 4. The third-order valence-electron chi connectivity index (χ3n) is 3.72. The van der Waals surface area contributed by atoms with E-state index in [1.807, 2.05) is 25.7 Å². The zero-order chi connectivity index (χ0) is 15.2.